The van der Waals surface area contributed by atoms with Gasteiger partial charge < -0.3 is 18.9 Å². The summed E-state index contributed by atoms with van der Waals surface area (Å²) in [4.78, 5) is 0. The van der Waals surface area contributed by atoms with E-state index in [-0.39, 0.29) is 59.1 Å². The molecule has 0 atom stereocenters. The standard InChI is InChI=1S/C64H69F5O4.C12H18/c1-40-56(70-36-41-14-26-48(27-15-41)60(2,3)4)54(46-24-22-45(23-25-46)47-34-52(65)55(53(66)35-47)64(67,68)69)58(72-38-43-18-30-50(31-19-43)62(8,9)10)59(73-39-44-20-32-51(33-21-44)63(11,12)13)57(40)71-37-42-16-28-49(29-17-42)61(5,6)7;1-5-10-6-8-11(9-7-10)12(2,3)4/h14-35H,36-39H2,1-13H3;6-9H,5H2,1-4H3. The Labute approximate surface area is 503 Å². The average molecular weight is 1160 g/mol. The quantitative estimate of drug-likeness (QED) is 0.0959. The van der Waals surface area contributed by atoms with Gasteiger partial charge in [0.2, 0.25) is 5.75 Å². The smallest absolute Gasteiger partial charge is 0.422 e. The molecule has 0 saturated carbocycles. The summed E-state index contributed by atoms with van der Waals surface area (Å²) < 4.78 is 98.6. The first kappa shape index (κ1) is 65.2. The topological polar surface area (TPSA) is 36.9 Å². The van der Waals surface area contributed by atoms with Crippen LogP contribution in [0.1, 0.15) is 178 Å². The molecule has 0 fully saturated rings. The van der Waals surface area contributed by atoms with E-state index in [0.29, 0.717) is 57.4 Å². The van der Waals surface area contributed by atoms with Crippen LogP contribution in [0.25, 0.3) is 22.3 Å². The summed E-state index contributed by atoms with van der Waals surface area (Å²) in [5.74, 6) is -1.88. The molecule has 0 aliphatic rings. The molecule has 9 heteroatoms. The van der Waals surface area contributed by atoms with Gasteiger partial charge in [0.15, 0.2) is 11.5 Å². The molecule has 0 saturated heterocycles. The predicted molar refractivity (Wildman–Crippen MR) is 339 cm³/mol. The van der Waals surface area contributed by atoms with Crippen molar-refractivity contribution in [2.75, 3.05) is 0 Å². The minimum Gasteiger partial charge on any atom is -0.488 e. The van der Waals surface area contributed by atoms with Gasteiger partial charge in [0, 0.05) is 5.56 Å². The van der Waals surface area contributed by atoms with E-state index in [2.05, 4.69) is 208 Å². The van der Waals surface area contributed by atoms with Gasteiger partial charge in [0.05, 0.1) is 5.56 Å². The Morgan fingerprint density at radius 3 is 0.882 bits per heavy atom. The van der Waals surface area contributed by atoms with Gasteiger partial charge >= 0.3 is 6.18 Å². The zero-order valence-corrected chi connectivity index (χ0v) is 53.1. The van der Waals surface area contributed by atoms with Crippen molar-refractivity contribution in [3.63, 3.8) is 0 Å². The molecule has 0 amide bonds. The third kappa shape index (κ3) is 17.0. The fraction of sp³-hybridized carbons (Fsp3) is 0.368. The molecular weight excluding hydrogens is 1070 g/mol. The predicted octanol–water partition coefficient (Wildman–Crippen LogP) is 21.7. The van der Waals surface area contributed by atoms with Crippen molar-refractivity contribution in [3.8, 4) is 45.3 Å². The van der Waals surface area contributed by atoms with Crippen LogP contribution in [0.5, 0.6) is 23.0 Å². The van der Waals surface area contributed by atoms with Gasteiger partial charge in [-0.2, -0.15) is 13.2 Å². The third-order valence-corrected chi connectivity index (χ3v) is 15.4. The molecule has 0 spiro atoms. The number of alkyl halides is 3. The fourth-order valence-corrected chi connectivity index (χ4v) is 9.77. The summed E-state index contributed by atoms with van der Waals surface area (Å²) in [7, 11) is 0. The number of benzene rings is 8. The van der Waals surface area contributed by atoms with Crippen LogP contribution in [0.4, 0.5) is 22.0 Å². The molecule has 4 nitrogen and oxygen atoms in total. The maximum Gasteiger partial charge on any atom is 0.422 e. The Hall–Kier alpha value is -7.39. The van der Waals surface area contributed by atoms with Crippen LogP contribution in [0.15, 0.2) is 158 Å². The second-order valence-electron chi connectivity index (χ2n) is 27.4. The molecule has 0 unspecified atom stereocenters. The summed E-state index contributed by atoms with van der Waals surface area (Å²) in [6.45, 7) is 37.5. The lowest BCUT2D eigenvalue weighted by Gasteiger charge is -2.26. The molecule has 0 aliphatic carbocycles. The van der Waals surface area contributed by atoms with E-state index in [1.807, 2.05) is 31.2 Å². The second kappa shape index (κ2) is 26.1. The average Bonchev–Trinajstić information content (AvgIpc) is 3.11. The van der Waals surface area contributed by atoms with Crippen molar-refractivity contribution in [1.29, 1.82) is 0 Å². The lowest BCUT2D eigenvalue weighted by atomic mass is 9.86. The highest BCUT2D eigenvalue weighted by molar-refractivity contribution is 5.85. The summed E-state index contributed by atoms with van der Waals surface area (Å²) >= 11 is 0. The second-order valence-corrected chi connectivity index (χ2v) is 27.4. The highest BCUT2D eigenvalue weighted by Gasteiger charge is 2.38. The Morgan fingerprint density at radius 1 is 0.318 bits per heavy atom. The fourth-order valence-electron chi connectivity index (χ4n) is 9.77. The van der Waals surface area contributed by atoms with E-state index < -0.39 is 23.4 Å². The lowest BCUT2D eigenvalue weighted by molar-refractivity contribution is -0.142. The number of rotatable bonds is 15. The zero-order chi connectivity index (χ0) is 62.5. The van der Waals surface area contributed by atoms with E-state index in [1.165, 1.54) is 33.4 Å². The molecule has 8 rings (SSSR count). The van der Waals surface area contributed by atoms with Crippen molar-refractivity contribution in [1.82, 2.24) is 0 Å². The molecule has 8 aromatic rings. The first-order chi connectivity index (χ1) is 39.6. The van der Waals surface area contributed by atoms with Gasteiger partial charge in [0.25, 0.3) is 0 Å². The molecule has 0 radical (unpaired) electrons. The van der Waals surface area contributed by atoms with Gasteiger partial charge in [0.1, 0.15) is 49.4 Å². The van der Waals surface area contributed by atoms with Crippen LogP contribution >= 0.6 is 0 Å². The molecule has 0 heterocycles. The number of ether oxygens (including phenoxy) is 4. The Kier molecular flexibility index (Phi) is 20.0. The maximum atomic E-state index is 15.0. The highest BCUT2D eigenvalue weighted by atomic mass is 19.4. The molecule has 0 aliphatic heterocycles. The SMILES string of the molecule is CCc1ccc(C(C)(C)C)cc1.Cc1c(OCc2ccc(C(C)(C)C)cc2)c(OCc2ccc(C(C)(C)C)cc2)c(OCc2ccc(C(C)(C)C)cc2)c(-c2ccc(-c3cc(F)c(C(F)(F)F)c(F)c3)cc2)c1OCc1ccc(C(C)(C)C)cc1. The van der Waals surface area contributed by atoms with E-state index in [9.17, 15) is 22.0 Å². The summed E-state index contributed by atoms with van der Waals surface area (Å²) in [5.41, 5.74) is 11.3. The minimum atomic E-state index is -5.20. The van der Waals surface area contributed by atoms with Crippen LogP contribution in [0.2, 0.25) is 0 Å². The van der Waals surface area contributed by atoms with Crippen molar-refractivity contribution < 1.29 is 40.9 Å². The monoisotopic (exact) mass is 1160 g/mol. The van der Waals surface area contributed by atoms with Crippen LogP contribution < -0.4 is 18.9 Å². The van der Waals surface area contributed by atoms with Gasteiger partial charge in [-0.05, 0) is 125 Å². The van der Waals surface area contributed by atoms with E-state index in [0.717, 1.165) is 28.7 Å². The van der Waals surface area contributed by atoms with E-state index in [1.54, 1.807) is 24.3 Å². The highest BCUT2D eigenvalue weighted by Crippen LogP contribution is 2.54. The first-order valence-corrected chi connectivity index (χ1v) is 29.5. The number of aryl methyl sites for hydroxylation is 1. The summed E-state index contributed by atoms with van der Waals surface area (Å²) in [6, 6.07) is 50.3. The van der Waals surface area contributed by atoms with Crippen molar-refractivity contribution >= 4 is 0 Å². The number of hydrogen-bond acceptors (Lipinski definition) is 4. The zero-order valence-electron chi connectivity index (χ0n) is 53.1. The molecule has 0 bridgehead atoms. The maximum absolute atomic E-state index is 15.0. The largest absolute Gasteiger partial charge is 0.488 e. The van der Waals surface area contributed by atoms with Gasteiger partial charge in [-0.3, -0.25) is 0 Å². The molecule has 450 valence electrons. The van der Waals surface area contributed by atoms with E-state index in [4.69, 9.17) is 18.9 Å². The third-order valence-electron chi connectivity index (χ3n) is 15.4. The van der Waals surface area contributed by atoms with Crippen LogP contribution in [0.3, 0.4) is 0 Å². The van der Waals surface area contributed by atoms with Crippen LogP contribution in [-0.4, -0.2) is 0 Å². The van der Waals surface area contributed by atoms with Crippen molar-refractivity contribution in [3.05, 3.63) is 236 Å². The first-order valence-electron chi connectivity index (χ1n) is 29.5. The minimum absolute atomic E-state index is 0.0428. The van der Waals surface area contributed by atoms with Gasteiger partial charge in [-0.25, -0.2) is 8.78 Å². The molecule has 85 heavy (non-hydrogen) atoms. The van der Waals surface area contributed by atoms with Crippen molar-refractivity contribution in [2.24, 2.45) is 0 Å². The Morgan fingerprint density at radius 2 is 0.588 bits per heavy atom. The summed E-state index contributed by atoms with van der Waals surface area (Å²) in [6.07, 6.45) is -4.07. The molecule has 8 aromatic carbocycles. The Balaban J connectivity index is 0.000000768. The normalized spacial score (nSPS) is 12.4. The lowest BCUT2D eigenvalue weighted by Crippen LogP contribution is -2.12. The molecule has 0 N–H and O–H groups in total. The Bertz CT molecular complexity index is 3470. The number of halogens is 5. The van der Waals surface area contributed by atoms with Crippen molar-refractivity contribution in [2.45, 2.75) is 184 Å². The molecular formula is C76H87F5O4. The van der Waals surface area contributed by atoms with Gasteiger partial charge in [-0.1, -0.05) is 256 Å². The number of hydrogen-bond donors (Lipinski definition) is 0. The van der Waals surface area contributed by atoms with Crippen LogP contribution in [0, 0.1) is 18.6 Å². The van der Waals surface area contributed by atoms with Gasteiger partial charge in [-0.15, -0.1) is 0 Å². The van der Waals surface area contributed by atoms with Crippen LogP contribution in [-0.2, 0) is 66.1 Å². The summed E-state index contributed by atoms with van der Waals surface area (Å²) in [5, 5.41) is 0. The van der Waals surface area contributed by atoms with E-state index >= 15 is 0 Å². The molecule has 0 aromatic heterocycles.